The van der Waals surface area contributed by atoms with Crippen LogP contribution in [-0.4, -0.2) is 60.2 Å². The molecule has 2 N–H and O–H groups in total. The van der Waals surface area contributed by atoms with Crippen molar-refractivity contribution in [3.05, 3.63) is 0 Å². The second-order valence-electron chi connectivity index (χ2n) is 4.93. The summed E-state index contributed by atoms with van der Waals surface area (Å²) in [6, 6.07) is -0.327. The molecule has 0 radical (unpaired) electrons. The number of carbonyl (C=O) groups excluding carboxylic acids is 1. The van der Waals surface area contributed by atoms with Crippen LogP contribution < -0.4 is 5.32 Å². The molecule has 1 rings (SSSR count). The van der Waals surface area contributed by atoms with Crippen molar-refractivity contribution in [2.24, 2.45) is 4.99 Å². The van der Waals surface area contributed by atoms with Gasteiger partial charge in [-0.15, -0.1) is 0 Å². The summed E-state index contributed by atoms with van der Waals surface area (Å²) in [5.74, 6) is 0.0980. The van der Waals surface area contributed by atoms with Crippen LogP contribution in [0.5, 0.6) is 0 Å². The first-order chi connectivity index (χ1) is 8.91. The fourth-order valence-electron chi connectivity index (χ4n) is 2.11. The van der Waals surface area contributed by atoms with Crippen molar-refractivity contribution in [1.82, 2.24) is 15.1 Å². The van der Waals surface area contributed by atoms with Crippen molar-refractivity contribution in [3.8, 4) is 0 Å². The van der Waals surface area contributed by atoms with E-state index in [0.717, 1.165) is 30.6 Å². The molecule has 0 atom stereocenters. The van der Waals surface area contributed by atoms with E-state index in [-0.39, 0.29) is 12.0 Å². The van der Waals surface area contributed by atoms with E-state index >= 15 is 0 Å². The maximum Gasteiger partial charge on any atom is 0.413 e. The van der Waals surface area contributed by atoms with E-state index < -0.39 is 12.1 Å². The van der Waals surface area contributed by atoms with Gasteiger partial charge in [0, 0.05) is 27.2 Å². The van der Waals surface area contributed by atoms with Gasteiger partial charge < -0.3 is 15.3 Å². The monoisotopic (exact) mass is 270 g/mol. The fourth-order valence-corrected chi connectivity index (χ4v) is 2.11. The number of carbonyl (C=O) groups is 2. The normalized spacial score (nSPS) is 16.9. The van der Waals surface area contributed by atoms with Gasteiger partial charge in [-0.25, -0.2) is 9.59 Å². The first-order valence-electron chi connectivity index (χ1n) is 6.45. The van der Waals surface area contributed by atoms with Crippen molar-refractivity contribution < 1.29 is 14.7 Å². The molecule has 3 amide bonds. The molecule has 0 spiro atoms. The summed E-state index contributed by atoms with van der Waals surface area (Å²) in [6.07, 6.45) is 4.22. The summed E-state index contributed by atoms with van der Waals surface area (Å²) in [7, 11) is 4.65. The number of nitrogens with zero attached hydrogens (tertiary/aromatic N) is 3. The van der Waals surface area contributed by atoms with Gasteiger partial charge in [0.1, 0.15) is 0 Å². The van der Waals surface area contributed by atoms with E-state index in [1.807, 2.05) is 0 Å². The van der Waals surface area contributed by atoms with Gasteiger partial charge in [0.25, 0.3) is 0 Å². The van der Waals surface area contributed by atoms with Crippen LogP contribution in [-0.2, 0) is 0 Å². The number of guanidine groups is 1. The molecule has 0 aliphatic heterocycles. The highest BCUT2D eigenvalue weighted by molar-refractivity contribution is 5.98. The molecule has 1 fully saturated rings. The predicted octanol–water partition coefficient (Wildman–Crippen LogP) is 1.56. The summed E-state index contributed by atoms with van der Waals surface area (Å²) in [6.45, 7) is 0. The lowest BCUT2D eigenvalue weighted by atomic mass is 9.96. The van der Waals surface area contributed by atoms with E-state index in [2.05, 4.69) is 10.3 Å². The van der Waals surface area contributed by atoms with Gasteiger partial charge in [0.05, 0.1) is 0 Å². The zero-order chi connectivity index (χ0) is 14.4. The quantitative estimate of drug-likeness (QED) is 0.559. The summed E-state index contributed by atoms with van der Waals surface area (Å²) in [5.41, 5.74) is 0. The SMILES string of the molecule is CN(C)C(=NC(=O)NC1CCCCC1)N(C)C(=O)O. The Morgan fingerprint density at radius 2 is 1.74 bits per heavy atom. The van der Waals surface area contributed by atoms with Gasteiger partial charge >= 0.3 is 12.1 Å². The number of urea groups is 1. The van der Waals surface area contributed by atoms with Gasteiger partial charge in [-0.2, -0.15) is 4.99 Å². The molecule has 7 nitrogen and oxygen atoms in total. The van der Waals surface area contributed by atoms with E-state index in [0.29, 0.717) is 0 Å². The van der Waals surface area contributed by atoms with Crippen LogP contribution in [0.3, 0.4) is 0 Å². The maximum atomic E-state index is 11.8. The minimum atomic E-state index is -1.15. The van der Waals surface area contributed by atoms with Gasteiger partial charge in [-0.1, -0.05) is 19.3 Å². The van der Waals surface area contributed by atoms with E-state index in [4.69, 9.17) is 5.11 Å². The van der Waals surface area contributed by atoms with Crippen LogP contribution in [0.1, 0.15) is 32.1 Å². The average molecular weight is 270 g/mol. The Morgan fingerprint density at radius 3 is 2.21 bits per heavy atom. The van der Waals surface area contributed by atoms with Gasteiger partial charge in [0.2, 0.25) is 5.96 Å². The molecule has 19 heavy (non-hydrogen) atoms. The maximum absolute atomic E-state index is 11.8. The number of rotatable bonds is 1. The molecule has 0 unspecified atom stereocenters. The van der Waals surface area contributed by atoms with Crippen LogP contribution in [0.2, 0.25) is 0 Å². The summed E-state index contributed by atoms with van der Waals surface area (Å²) < 4.78 is 0. The lowest BCUT2D eigenvalue weighted by Gasteiger charge is -2.24. The molecule has 0 heterocycles. The van der Waals surface area contributed by atoms with Crippen LogP contribution in [0, 0.1) is 0 Å². The molecule has 0 aromatic heterocycles. The highest BCUT2D eigenvalue weighted by Gasteiger charge is 2.19. The van der Waals surface area contributed by atoms with Gasteiger partial charge in [-0.3, -0.25) is 4.90 Å². The molecule has 0 saturated heterocycles. The second-order valence-corrected chi connectivity index (χ2v) is 4.93. The Labute approximate surface area is 113 Å². The number of carboxylic acid groups (broad SMARTS) is 1. The molecule has 1 aliphatic carbocycles. The number of hydrogen-bond acceptors (Lipinski definition) is 2. The van der Waals surface area contributed by atoms with E-state index in [9.17, 15) is 9.59 Å². The molecule has 0 bridgehead atoms. The van der Waals surface area contributed by atoms with Crippen LogP contribution >= 0.6 is 0 Å². The molecule has 108 valence electrons. The Hall–Kier alpha value is -1.79. The Morgan fingerprint density at radius 1 is 1.16 bits per heavy atom. The number of aliphatic imine (C=N–C) groups is 1. The number of nitrogens with one attached hydrogen (secondary N) is 1. The number of hydrogen-bond donors (Lipinski definition) is 2. The minimum Gasteiger partial charge on any atom is -0.465 e. The van der Waals surface area contributed by atoms with Crippen molar-refractivity contribution in [2.75, 3.05) is 21.1 Å². The minimum absolute atomic E-state index is 0.0980. The van der Waals surface area contributed by atoms with Crippen molar-refractivity contribution >= 4 is 18.1 Å². The smallest absolute Gasteiger partial charge is 0.413 e. The van der Waals surface area contributed by atoms with Gasteiger partial charge in [0.15, 0.2) is 0 Å². The molecule has 1 saturated carbocycles. The standard InChI is InChI=1S/C12H22N4O3/c1-15(2)11(16(3)12(18)19)14-10(17)13-9-7-5-4-6-8-9/h9H,4-8H2,1-3H3,(H,13,17)(H,18,19). The molecule has 0 aromatic carbocycles. The zero-order valence-electron chi connectivity index (χ0n) is 11.7. The number of amides is 3. The van der Waals surface area contributed by atoms with E-state index in [1.54, 1.807) is 14.1 Å². The molecule has 1 aliphatic rings. The highest BCUT2D eigenvalue weighted by Crippen LogP contribution is 2.17. The first-order valence-corrected chi connectivity index (χ1v) is 6.45. The largest absolute Gasteiger partial charge is 0.465 e. The van der Waals surface area contributed by atoms with Crippen molar-refractivity contribution in [3.63, 3.8) is 0 Å². The molecular weight excluding hydrogens is 248 g/mol. The van der Waals surface area contributed by atoms with Crippen molar-refractivity contribution in [1.29, 1.82) is 0 Å². The third-order valence-electron chi connectivity index (χ3n) is 3.12. The third kappa shape index (κ3) is 4.76. The van der Waals surface area contributed by atoms with Crippen LogP contribution in [0.4, 0.5) is 9.59 Å². The van der Waals surface area contributed by atoms with Gasteiger partial charge in [-0.05, 0) is 12.8 Å². The summed E-state index contributed by atoms with van der Waals surface area (Å²) >= 11 is 0. The lowest BCUT2D eigenvalue weighted by Crippen LogP contribution is -2.43. The average Bonchev–Trinajstić information content (AvgIpc) is 2.36. The molecular formula is C12H22N4O3. The van der Waals surface area contributed by atoms with Crippen LogP contribution in [0.15, 0.2) is 4.99 Å². The first kappa shape index (κ1) is 15.3. The Balaban J connectivity index is 2.66. The lowest BCUT2D eigenvalue weighted by molar-refractivity contribution is 0.172. The topological polar surface area (TPSA) is 85.2 Å². The second kappa shape index (κ2) is 6.96. The molecule has 0 aromatic rings. The highest BCUT2D eigenvalue weighted by atomic mass is 16.4. The van der Waals surface area contributed by atoms with E-state index in [1.165, 1.54) is 18.4 Å². The third-order valence-corrected chi connectivity index (χ3v) is 3.12. The summed E-state index contributed by atoms with van der Waals surface area (Å²) in [4.78, 5) is 29.0. The Kier molecular flexibility index (Phi) is 5.59. The predicted molar refractivity (Wildman–Crippen MR) is 72.3 cm³/mol. The van der Waals surface area contributed by atoms with Crippen molar-refractivity contribution in [2.45, 2.75) is 38.1 Å². The fraction of sp³-hybridized carbons (Fsp3) is 0.750. The summed E-state index contributed by atoms with van der Waals surface area (Å²) in [5, 5.41) is 11.7. The molecule has 7 heteroatoms. The Bertz CT molecular complexity index is 362. The zero-order valence-corrected chi connectivity index (χ0v) is 11.7. The van der Waals surface area contributed by atoms with Crippen LogP contribution in [0.25, 0.3) is 0 Å².